The Labute approximate surface area is 129 Å². The molecule has 1 aliphatic rings. The molecule has 2 nitrogen and oxygen atoms in total. The Morgan fingerprint density at radius 3 is 3.05 bits per heavy atom. The van der Waals surface area contributed by atoms with Crippen molar-refractivity contribution in [3.05, 3.63) is 35.2 Å². The molecule has 2 heterocycles. The number of thioether (sulfide) groups is 1. The lowest BCUT2D eigenvalue weighted by atomic mass is 9.99. The van der Waals surface area contributed by atoms with Crippen LogP contribution in [-0.2, 0) is 6.42 Å². The molecule has 2 aromatic rings. The molecule has 2 atom stereocenters. The second kappa shape index (κ2) is 6.48. The second-order valence-electron chi connectivity index (χ2n) is 5.48. The highest BCUT2D eigenvalue weighted by atomic mass is 32.2. The van der Waals surface area contributed by atoms with Crippen LogP contribution in [0.15, 0.2) is 29.6 Å². The van der Waals surface area contributed by atoms with Gasteiger partial charge in [0.05, 0.1) is 0 Å². The molecule has 1 aromatic heterocycles. The smallest absolute Gasteiger partial charge is 0.0345 e. The third kappa shape index (κ3) is 2.89. The van der Waals surface area contributed by atoms with Crippen molar-refractivity contribution in [1.29, 1.82) is 0 Å². The summed E-state index contributed by atoms with van der Waals surface area (Å²) in [4.78, 5) is 2.52. The van der Waals surface area contributed by atoms with Gasteiger partial charge in [-0.15, -0.1) is 11.3 Å². The van der Waals surface area contributed by atoms with E-state index in [2.05, 4.69) is 65.7 Å². The molecule has 108 valence electrons. The van der Waals surface area contributed by atoms with Crippen LogP contribution in [-0.4, -0.2) is 49.1 Å². The van der Waals surface area contributed by atoms with Crippen molar-refractivity contribution < 1.29 is 0 Å². The summed E-state index contributed by atoms with van der Waals surface area (Å²) in [6, 6.07) is 9.93. The summed E-state index contributed by atoms with van der Waals surface area (Å²) in [7, 11) is 4.37. The molecule has 1 fully saturated rings. The lowest BCUT2D eigenvalue weighted by molar-refractivity contribution is 0.219. The van der Waals surface area contributed by atoms with Crippen molar-refractivity contribution in [2.45, 2.75) is 18.5 Å². The highest BCUT2D eigenvalue weighted by molar-refractivity contribution is 7.99. The molecule has 3 rings (SSSR count). The Kier molecular flexibility index (Phi) is 4.66. The number of hydrogen-bond donors (Lipinski definition) is 1. The maximum atomic E-state index is 3.55. The molecule has 1 aliphatic heterocycles. The van der Waals surface area contributed by atoms with Crippen LogP contribution in [0, 0.1) is 0 Å². The monoisotopic (exact) mass is 306 g/mol. The average Bonchev–Trinajstić information content (AvgIpc) is 2.89. The van der Waals surface area contributed by atoms with Crippen molar-refractivity contribution in [2.75, 3.05) is 32.1 Å². The van der Waals surface area contributed by atoms with Crippen molar-refractivity contribution in [2.24, 2.45) is 0 Å². The number of thiophene rings is 1. The van der Waals surface area contributed by atoms with Crippen LogP contribution in [0.5, 0.6) is 0 Å². The van der Waals surface area contributed by atoms with E-state index in [1.54, 1.807) is 0 Å². The summed E-state index contributed by atoms with van der Waals surface area (Å²) in [5, 5.41) is 7.33. The second-order valence-corrected chi connectivity index (χ2v) is 7.54. The molecule has 1 saturated heterocycles. The third-order valence-corrected chi connectivity index (χ3v) is 6.34. The van der Waals surface area contributed by atoms with Gasteiger partial charge in [0.25, 0.3) is 0 Å². The van der Waals surface area contributed by atoms with Gasteiger partial charge in [-0.25, -0.2) is 0 Å². The molecule has 1 N–H and O–H groups in total. The topological polar surface area (TPSA) is 15.3 Å². The minimum absolute atomic E-state index is 0.533. The molecule has 20 heavy (non-hydrogen) atoms. The molecule has 0 amide bonds. The fourth-order valence-electron chi connectivity index (χ4n) is 2.99. The van der Waals surface area contributed by atoms with Gasteiger partial charge >= 0.3 is 0 Å². The summed E-state index contributed by atoms with van der Waals surface area (Å²) in [5.41, 5.74) is 1.49. The van der Waals surface area contributed by atoms with E-state index in [1.807, 2.05) is 11.3 Å². The largest absolute Gasteiger partial charge is 0.315 e. The van der Waals surface area contributed by atoms with Gasteiger partial charge in [0.15, 0.2) is 0 Å². The lowest BCUT2D eigenvalue weighted by Gasteiger charge is -2.37. The minimum atomic E-state index is 0.533. The number of rotatable bonds is 4. The van der Waals surface area contributed by atoms with Gasteiger partial charge in [0.1, 0.15) is 0 Å². The summed E-state index contributed by atoms with van der Waals surface area (Å²) < 4.78 is 1.41. The third-order valence-electron chi connectivity index (χ3n) is 4.28. The Balaban J connectivity index is 1.80. The van der Waals surface area contributed by atoms with Crippen LogP contribution >= 0.6 is 23.1 Å². The summed E-state index contributed by atoms with van der Waals surface area (Å²) in [5.74, 6) is 2.51. The first-order valence-corrected chi connectivity index (χ1v) is 9.23. The molecule has 0 spiro atoms. The van der Waals surface area contributed by atoms with E-state index >= 15 is 0 Å². The predicted molar refractivity (Wildman–Crippen MR) is 92.1 cm³/mol. The van der Waals surface area contributed by atoms with E-state index in [0.717, 1.165) is 6.42 Å². The minimum Gasteiger partial charge on any atom is -0.315 e. The van der Waals surface area contributed by atoms with E-state index in [0.29, 0.717) is 12.1 Å². The molecule has 0 aliphatic carbocycles. The first-order valence-electron chi connectivity index (χ1n) is 7.20. The van der Waals surface area contributed by atoms with Crippen molar-refractivity contribution in [1.82, 2.24) is 10.2 Å². The standard InChI is InChI=1S/C16H22N2S2/c1-17-14(15-11-19-8-7-18(15)2)9-12-10-20-16-6-4-3-5-13(12)16/h3-6,10,14-15,17H,7-9,11H2,1-2H3. The molecule has 1 aromatic carbocycles. The highest BCUT2D eigenvalue weighted by Gasteiger charge is 2.27. The maximum absolute atomic E-state index is 3.55. The number of likely N-dealkylation sites (N-methyl/N-ethyl adjacent to an activating group) is 2. The van der Waals surface area contributed by atoms with Gasteiger partial charge in [0, 0.05) is 34.8 Å². The molecular formula is C16H22N2S2. The fraction of sp³-hybridized carbons (Fsp3) is 0.500. The molecular weight excluding hydrogens is 284 g/mol. The van der Waals surface area contributed by atoms with E-state index in [9.17, 15) is 0 Å². The van der Waals surface area contributed by atoms with Gasteiger partial charge in [-0.3, -0.25) is 0 Å². The van der Waals surface area contributed by atoms with Crippen LogP contribution < -0.4 is 5.32 Å². The van der Waals surface area contributed by atoms with Gasteiger partial charge in [-0.2, -0.15) is 11.8 Å². The lowest BCUT2D eigenvalue weighted by Crippen LogP contribution is -2.52. The molecule has 0 saturated carbocycles. The van der Waals surface area contributed by atoms with E-state index in [-0.39, 0.29) is 0 Å². The van der Waals surface area contributed by atoms with Gasteiger partial charge < -0.3 is 10.2 Å². The Bertz CT molecular complexity index is 566. The summed E-state index contributed by atoms with van der Waals surface area (Å²) >= 11 is 3.95. The van der Waals surface area contributed by atoms with Gasteiger partial charge in [0.2, 0.25) is 0 Å². The van der Waals surface area contributed by atoms with Crippen LogP contribution in [0.4, 0.5) is 0 Å². The molecule has 4 heteroatoms. The van der Waals surface area contributed by atoms with E-state index in [1.165, 1.54) is 33.7 Å². The van der Waals surface area contributed by atoms with Crippen LogP contribution in [0.3, 0.4) is 0 Å². The van der Waals surface area contributed by atoms with E-state index in [4.69, 9.17) is 0 Å². The zero-order valence-corrected chi connectivity index (χ0v) is 13.8. The normalized spacial score (nSPS) is 22.2. The van der Waals surface area contributed by atoms with Gasteiger partial charge in [-0.05, 0) is 42.9 Å². The average molecular weight is 307 g/mol. The number of hydrogen-bond acceptors (Lipinski definition) is 4. The number of fused-ring (bicyclic) bond motifs is 1. The Morgan fingerprint density at radius 2 is 2.25 bits per heavy atom. The first-order chi connectivity index (χ1) is 9.79. The number of nitrogens with one attached hydrogen (secondary N) is 1. The maximum Gasteiger partial charge on any atom is 0.0345 e. The molecule has 0 bridgehead atoms. The Hall–Kier alpha value is -0.550. The zero-order chi connectivity index (χ0) is 13.9. The van der Waals surface area contributed by atoms with Crippen molar-refractivity contribution >= 4 is 33.2 Å². The van der Waals surface area contributed by atoms with Crippen molar-refractivity contribution in [3.8, 4) is 0 Å². The molecule has 0 radical (unpaired) electrons. The van der Waals surface area contributed by atoms with Crippen LogP contribution in [0.1, 0.15) is 5.56 Å². The van der Waals surface area contributed by atoms with Gasteiger partial charge in [-0.1, -0.05) is 18.2 Å². The molecule has 2 unspecified atom stereocenters. The number of benzene rings is 1. The van der Waals surface area contributed by atoms with E-state index < -0.39 is 0 Å². The first kappa shape index (κ1) is 14.4. The summed E-state index contributed by atoms with van der Waals surface area (Å²) in [6.07, 6.45) is 1.12. The fourth-order valence-corrected chi connectivity index (χ4v) is 5.27. The highest BCUT2D eigenvalue weighted by Crippen LogP contribution is 2.28. The summed E-state index contributed by atoms with van der Waals surface area (Å²) in [6.45, 7) is 1.21. The van der Waals surface area contributed by atoms with Crippen LogP contribution in [0.25, 0.3) is 10.1 Å². The van der Waals surface area contributed by atoms with Crippen LogP contribution in [0.2, 0.25) is 0 Å². The predicted octanol–water partition coefficient (Wildman–Crippen LogP) is 3.08. The number of nitrogens with zero attached hydrogens (tertiary/aromatic N) is 1. The SMILES string of the molecule is CNC(Cc1csc2ccccc12)C1CSCCN1C. The quantitative estimate of drug-likeness (QED) is 0.934. The zero-order valence-electron chi connectivity index (χ0n) is 12.1. The Morgan fingerprint density at radius 1 is 1.40 bits per heavy atom. The van der Waals surface area contributed by atoms with Crippen molar-refractivity contribution in [3.63, 3.8) is 0 Å².